The van der Waals surface area contributed by atoms with E-state index < -0.39 is 6.17 Å². The summed E-state index contributed by atoms with van der Waals surface area (Å²) in [5, 5.41) is 0. The molecule has 1 unspecified atom stereocenters. The Morgan fingerprint density at radius 2 is 2.30 bits per heavy atom. The summed E-state index contributed by atoms with van der Waals surface area (Å²) in [5.41, 5.74) is 0. The van der Waals surface area contributed by atoms with Crippen LogP contribution in [0.15, 0.2) is 0 Å². The third-order valence-corrected chi connectivity index (χ3v) is 1.56. The maximum absolute atomic E-state index is 12.4. The molecule has 10 heavy (non-hydrogen) atoms. The van der Waals surface area contributed by atoms with Gasteiger partial charge in [-0.25, -0.2) is 4.39 Å². The fraction of sp³-hybridized carbons (Fsp3) is 0.833. The zero-order valence-corrected chi connectivity index (χ0v) is 6.66. The maximum atomic E-state index is 12.4. The lowest BCUT2D eigenvalue weighted by Gasteiger charge is -2.23. The van der Waals surface area contributed by atoms with E-state index in [2.05, 4.69) is 0 Å². The Balaban J connectivity index is 0.000000810. The van der Waals surface area contributed by atoms with Gasteiger partial charge in [-0.05, 0) is 7.05 Å². The standard InChI is InChI=1S/C6H10FNO.ClH/c1-8-3-2-6(9)5(7)4-8;/h5H,2-4H2,1H3;1H. The summed E-state index contributed by atoms with van der Waals surface area (Å²) in [4.78, 5) is 12.4. The molecule has 0 radical (unpaired) electrons. The molecule has 0 amide bonds. The van der Waals surface area contributed by atoms with E-state index in [1.807, 2.05) is 11.9 Å². The zero-order chi connectivity index (χ0) is 6.85. The van der Waals surface area contributed by atoms with Crippen molar-refractivity contribution in [1.82, 2.24) is 4.90 Å². The Morgan fingerprint density at radius 1 is 1.70 bits per heavy atom. The van der Waals surface area contributed by atoms with Gasteiger partial charge in [0.2, 0.25) is 0 Å². The minimum atomic E-state index is -1.23. The van der Waals surface area contributed by atoms with Gasteiger partial charge in [-0.15, -0.1) is 12.4 Å². The van der Waals surface area contributed by atoms with Crippen LogP contribution in [0, 0.1) is 0 Å². The molecule has 0 bridgehead atoms. The molecule has 2 nitrogen and oxygen atoms in total. The number of Topliss-reactive ketones (excluding diaryl/α,β-unsaturated/α-hetero) is 1. The highest BCUT2D eigenvalue weighted by atomic mass is 35.5. The van der Waals surface area contributed by atoms with E-state index in [-0.39, 0.29) is 24.7 Å². The molecule has 1 saturated heterocycles. The van der Waals surface area contributed by atoms with Gasteiger partial charge in [0, 0.05) is 19.5 Å². The topological polar surface area (TPSA) is 20.3 Å². The van der Waals surface area contributed by atoms with Crippen LogP contribution in [0.5, 0.6) is 0 Å². The summed E-state index contributed by atoms with van der Waals surface area (Å²) in [6.45, 7) is 0.984. The maximum Gasteiger partial charge on any atom is 0.171 e. The van der Waals surface area contributed by atoms with E-state index in [9.17, 15) is 9.18 Å². The van der Waals surface area contributed by atoms with Crippen LogP contribution in [-0.2, 0) is 4.79 Å². The number of alkyl halides is 1. The second-order valence-electron chi connectivity index (χ2n) is 2.45. The van der Waals surface area contributed by atoms with Crippen LogP contribution in [0.3, 0.4) is 0 Å². The Kier molecular flexibility index (Phi) is 3.83. The average molecular weight is 168 g/mol. The van der Waals surface area contributed by atoms with Crippen molar-refractivity contribution in [1.29, 1.82) is 0 Å². The SMILES string of the molecule is CN1CCC(=O)C(F)C1.Cl. The largest absolute Gasteiger partial charge is 0.303 e. The lowest BCUT2D eigenvalue weighted by Crippen LogP contribution is -2.39. The highest BCUT2D eigenvalue weighted by Gasteiger charge is 2.23. The van der Waals surface area contributed by atoms with Crippen LogP contribution in [0.4, 0.5) is 4.39 Å². The second kappa shape index (κ2) is 3.88. The van der Waals surface area contributed by atoms with E-state index in [0.29, 0.717) is 13.0 Å². The third-order valence-electron chi connectivity index (χ3n) is 1.56. The molecule has 0 N–H and O–H groups in total. The molecule has 0 aromatic heterocycles. The molecule has 1 heterocycles. The summed E-state index contributed by atoms with van der Waals surface area (Å²) in [6, 6.07) is 0. The lowest BCUT2D eigenvalue weighted by atomic mass is 10.1. The molecule has 0 spiro atoms. The minimum Gasteiger partial charge on any atom is -0.303 e. The number of ketones is 1. The van der Waals surface area contributed by atoms with E-state index in [0.717, 1.165) is 0 Å². The molecule has 1 aliphatic rings. The third kappa shape index (κ3) is 2.23. The van der Waals surface area contributed by atoms with Crippen LogP contribution in [0.25, 0.3) is 0 Å². The van der Waals surface area contributed by atoms with Gasteiger partial charge in [-0.3, -0.25) is 4.79 Å². The van der Waals surface area contributed by atoms with E-state index in [1.165, 1.54) is 0 Å². The number of hydrogen-bond acceptors (Lipinski definition) is 2. The van der Waals surface area contributed by atoms with Crippen molar-refractivity contribution in [2.75, 3.05) is 20.1 Å². The Hall–Kier alpha value is -0.150. The monoisotopic (exact) mass is 167 g/mol. The highest BCUT2D eigenvalue weighted by molar-refractivity contribution is 5.85. The first-order chi connectivity index (χ1) is 4.20. The average Bonchev–Trinajstić information content (AvgIpc) is 1.80. The summed E-state index contributed by atoms with van der Waals surface area (Å²) < 4.78 is 12.4. The van der Waals surface area contributed by atoms with Gasteiger partial charge in [-0.2, -0.15) is 0 Å². The molecular formula is C6H11ClFNO. The number of likely N-dealkylation sites (tertiary alicyclic amines) is 1. The number of nitrogens with zero attached hydrogens (tertiary/aromatic N) is 1. The summed E-state index contributed by atoms with van der Waals surface area (Å²) in [6.07, 6.45) is -0.860. The van der Waals surface area contributed by atoms with E-state index in [1.54, 1.807) is 0 Å². The van der Waals surface area contributed by atoms with Crippen molar-refractivity contribution < 1.29 is 9.18 Å². The number of carbonyl (C=O) groups excluding carboxylic acids is 1. The van der Waals surface area contributed by atoms with Crippen molar-refractivity contribution in [3.8, 4) is 0 Å². The fourth-order valence-corrected chi connectivity index (χ4v) is 0.924. The van der Waals surface area contributed by atoms with Crippen LogP contribution < -0.4 is 0 Å². The highest BCUT2D eigenvalue weighted by Crippen LogP contribution is 2.06. The number of carbonyl (C=O) groups is 1. The normalized spacial score (nSPS) is 27.8. The van der Waals surface area contributed by atoms with Gasteiger partial charge >= 0.3 is 0 Å². The molecule has 4 heteroatoms. The Labute approximate surface area is 65.8 Å². The molecule has 1 aliphatic heterocycles. The first kappa shape index (κ1) is 9.85. The van der Waals surface area contributed by atoms with E-state index >= 15 is 0 Å². The van der Waals surface area contributed by atoms with Gasteiger partial charge in [0.15, 0.2) is 12.0 Å². The molecule has 0 saturated carbocycles. The number of piperidine rings is 1. The predicted molar refractivity (Wildman–Crippen MR) is 39.3 cm³/mol. The summed E-state index contributed by atoms with van der Waals surface area (Å²) >= 11 is 0. The predicted octanol–water partition coefficient (Wildman–Crippen LogP) is 0.651. The van der Waals surface area contributed by atoms with Crippen molar-refractivity contribution in [2.45, 2.75) is 12.6 Å². The van der Waals surface area contributed by atoms with Gasteiger partial charge in [0.05, 0.1) is 0 Å². The Morgan fingerprint density at radius 3 is 2.70 bits per heavy atom. The zero-order valence-electron chi connectivity index (χ0n) is 5.84. The molecule has 1 fully saturated rings. The molecule has 1 atom stereocenters. The van der Waals surface area contributed by atoms with Gasteiger partial charge in [0.1, 0.15) is 0 Å². The molecular weight excluding hydrogens is 157 g/mol. The summed E-state index contributed by atoms with van der Waals surface area (Å²) in [7, 11) is 1.82. The number of halogens is 2. The molecule has 0 aromatic carbocycles. The Bertz CT molecular complexity index is 131. The molecule has 60 valence electrons. The van der Waals surface area contributed by atoms with Crippen LogP contribution in [0.1, 0.15) is 6.42 Å². The smallest absolute Gasteiger partial charge is 0.171 e. The lowest BCUT2D eigenvalue weighted by molar-refractivity contribution is -0.126. The van der Waals surface area contributed by atoms with Crippen molar-refractivity contribution >= 4 is 18.2 Å². The second-order valence-corrected chi connectivity index (χ2v) is 2.45. The summed E-state index contributed by atoms with van der Waals surface area (Å²) in [5.74, 6) is -0.242. The molecule has 0 aliphatic carbocycles. The molecule has 1 rings (SSSR count). The minimum absolute atomic E-state index is 0. The van der Waals surface area contributed by atoms with Gasteiger partial charge in [-0.1, -0.05) is 0 Å². The van der Waals surface area contributed by atoms with Crippen LogP contribution in [0.2, 0.25) is 0 Å². The quantitative estimate of drug-likeness (QED) is 0.528. The van der Waals surface area contributed by atoms with Gasteiger partial charge < -0.3 is 4.90 Å². The number of hydrogen-bond donors (Lipinski definition) is 0. The molecule has 0 aromatic rings. The van der Waals surface area contributed by atoms with Crippen molar-refractivity contribution in [3.63, 3.8) is 0 Å². The van der Waals surface area contributed by atoms with Crippen LogP contribution in [-0.4, -0.2) is 37.0 Å². The van der Waals surface area contributed by atoms with E-state index in [4.69, 9.17) is 0 Å². The number of rotatable bonds is 0. The van der Waals surface area contributed by atoms with Crippen LogP contribution >= 0.6 is 12.4 Å². The van der Waals surface area contributed by atoms with Crippen molar-refractivity contribution in [2.24, 2.45) is 0 Å². The van der Waals surface area contributed by atoms with Gasteiger partial charge in [0.25, 0.3) is 0 Å². The first-order valence-electron chi connectivity index (χ1n) is 3.05. The first-order valence-corrected chi connectivity index (χ1v) is 3.05. The fourth-order valence-electron chi connectivity index (χ4n) is 0.924. The van der Waals surface area contributed by atoms with Crippen molar-refractivity contribution in [3.05, 3.63) is 0 Å².